The number of benzene rings is 2. The minimum atomic E-state index is -1.64. The smallest absolute Gasteiger partial charge is 0.254 e. The Morgan fingerprint density at radius 3 is 2.00 bits per heavy atom. The van der Waals surface area contributed by atoms with E-state index < -0.39 is 46.2 Å². The van der Waals surface area contributed by atoms with Gasteiger partial charge in [-0.05, 0) is 42.2 Å². The lowest BCUT2D eigenvalue weighted by Crippen LogP contribution is -2.61. The molecule has 0 bridgehead atoms. The zero-order valence-electron chi connectivity index (χ0n) is 27.8. The van der Waals surface area contributed by atoms with Gasteiger partial charge in [-0.25, -0.2) is 0 Å². The van der Waals surface area contributed by atoms with Crippen molar-refractivity contribution in [2.75, 3.05) is 12.4 Å². The number of hydrogen-bond donors (Lipinski definition) is 4. The molecule has 0 radical (unpaired) electrons. The maximum Gasteiger partial charge on any atom is 0.254 e. The molecule has 0 aliphatic carbocycles. The number of nitrogens with zero attached hydrogens (tertiary/aromatic N) is 1. The van der Waals surface area contributed by atoms with Crippen LogP contribution in [0.2, 0.25) is 0 Å². The molecule has 1 aliphatic rings. The molecule has 1 fully saturated rings. The highest BCUT2D eigenvalue weighted by atomic mass is 32.2. The van der Waals surface area contributed by atoms with Crippen LogP contribution in [0.15, 0.2) is 60.7 Å². The Morgan fingerprint density at radius 1 is 0.911 bits per heavy atom. The molecule has 9 nitrogen and oxygen atoms in total. The number of nitrogens with one attached hydrogen (secondary N) is 3. The fraction of sp³-hybridized carbons (Fsp3) is 0.543. The van der Waals surface area contributed by atoms with E-state index in [1.54, 1.807) is 0 Å². The van der Waals surface area contributed by atoms with Crippen molar-refractivity contribution in [3.8, 4) is 0 Å². The second-order valence-electron chi connectivity index (χ2n) is 14.6. The van der Waals surface area contributed by atoms with Gasteiger partial charge in [0.2, 0.25) is 17.7 Å². The molecule has 3 rings (SSSR count). The summed E-state index contributed by atoms with van der Waals surface area (Å²) in [5.41, 5.74) is 0.809. The summed E-state index contributed by atoms with van der Waals surface area (Å²) in [5, 5.41) is 20.3. The first-order valence-corrected chi connectivity index (χ1v) is 16.5. The van der Waals surface area contributed by atoms with Crippen molar-refractivity contribution in [3.05, 3.63) is 71.8 Å². The summed E-state index contributed by atoms with van der Waals surface area (Å²) in [4.78, 5) is 55.6. The van der Waals surface area contributed by atoms with Gasteiger partial charge in [0.25, 0.3) is 5.91 Å². The highest BCUT2D eigenvalue weighted by Gasteiger charge is 2.50. The van der Waals surface area contributed by atoms with Crippen LogP contribution < -0.4 is 16.0 Å². The molecular formula is C35H50N4O5S. The third-order valence-corrected chi connectivity index (χ3v) is 9.15. The van der Waals surface area contributed by atoms with Crippen LogP contribution in [-0.4, -0.2) is 75.0 Å². The van der Waals surface area contributed by atoms with Gasteiger partial charge in [0, 0.05) is 11.3 Å². The Morgan fingerprint density at radius 2 is 1.47 bits per heavy atom. The van der Waals surface area contributed by atoms with Gasteiger partial charge in [0.1, 0.15) is 12.1 Å². The molecule has 10 heteroatoms. The van der Waals surface area contributed by atoms with Gasteiger partial charge in [-0.15, -0.1) is 11.8 Å². The van der Waals surface area contributed by atoms with Crippen LogP contribution in [0.3, 0.4) is 0 Å². The lowest BCUT2D eigenvalue weighted by Gasteiger charge is -2.35. The van der Waals surface area contributed by atoms with Gasteiger partial charge in [0.15, 0.2) is 6.10 Å². The summed E-state index contributed by atoms with van der Waals surface area (Å²) in [6, 6.07) is 15.8. The topological polar surface area (TPSA) is 128 Å². The lowest BCUT2D eigenvalue weighted by molar-refractivity contribution is -0.148. The molecule has 0 unspecified atom stereocenters. The molecule has 1 saturated heterocycles. The van der Waals surface area contributed by atoms with Crippen molar-refractivity contribution in [2.45, 2.75) is 97.2 Å². The van der Waals surface area contributed by atoms with Crippen LogP contribution in [0.25, 0.3) is 0 Å². The van der Waals surface area contributed by atoms with E-state index in [1.165, 1.54) is 16.7 Å². The Hall–Kier alpha value is -3.37. The molecule has 4 amide bonds. The quantitative estimate of drug-likeness (QED) is 0.297. The molecule has 4 atom stereocenters. The molecular weight excluding hydrogens is 588 g/mol. The maximum absolute atomic E-state index is 14.0. The molecule has 1 aliphatic heterocycles. The number of aliphatic hydroxyl groups is 1. The molecule has 2 aromatic carbocycles. The lowest BCUT2D eigenvalue weighted by atomic mass is 9.85. The Kier molecular flexibility index (Phi) is 11.9. The van der Waals surface area contributed by atoms with E-state index in [2.05, 4.69) is 16.0 Å². The van der Waals surface area contributed by atoms with Gasteiger partial charge >= 0.3 is 0 Å². The maximum atomic E-state index is 14.0. The van der Waals surface area contributed by atoms with Crippen molar-refractivity contribution in [2.24, 2.45) is 10.8 Å². The van der Waals surface area contributed by atoms with Crippen LogP contribution >= 0.6 is 11.8 Å². The Labute approximate surface area is 272 Å². The number of rotatable bonds is 11. The predicted octanol–water partition coefficient (Wildman–Crippen LogP) is 3.69. The second-order valence-corrected chi connectivity index (χ2v) is 16.2. The first-order valence-electron chi connectivity index (χ1n) is 15.5. The van der Waals surface area contributed by atoms with Crippen molar-refractivity contribution in [1.29, 1.82) is 0 Å². The van der Waals surface area contributed by atoms with E-state index in [4.69, 9.17) is 0 Å². The van der Waals surface area contributed by atoms with Gasteiger partial charge in [0.05, 0.1) is 18.3 Å². The standard InChI is InChI=1S/C35H50N4O5S/c1-33(2,3)21-36-31(43)29-35(7,8)45-22-39(29)32(44)27(41)25(19-23-15-11-9-12-16-23)37-30(42)28(34(4,5)6)38-26(40)20-24-17-13-10-14-18-24/h9-18,25,27-29,41H,19-22H2,1-8H3,(H,36,43)(H,37,42)(H,38,40)/t25-,27-,28+,29+/m0/s1. The molecule has 45 heavy (non-hydrogen) atoms. The summed E-state index contributed by atoms with van der Waals surface area (Å²) >= 11 is 1.47. The monoisotopic (exact) mass is 638 g/mol. The van der Waals surface area contributed by atoms with Gasteiger partial charge in [-0.2, -0.15) is 0 Å². The first kappa shape index (κ1) is 36.1. The van der Waals surface area contributed by atoms with Crippen molar-refractivity contribution >= 4 is 35.4 Å². The van der Waals surface area contributed by atoms with Crippen LogP contribution in [-0.2, 0) is 32.0 Å². The molecule has 1 heterocycles. The van der Waals surface area contributed by atoms with E-state index in [0.717, 1.165) is 11.1 Å². The third-order valence-electron chi connectivity index (χ3n) is 7.77. The largest absolute Gasteiger partial charge is 0.381 e. The Balaban J connectivity index is 1.85. The summed E-state index contributed by atoms with van der Waals surface area (Å²) in [6.45, 7) is 15.8. The average molecular weight is 639 g/mol. The molecule has 246 valence electrons. The number of carbonyl (C=O) groups is 4. The van der Waals surface area contributed by atoms with Crippen LogP contribution in [0, 0.1) is 10.8 Å². The summed E-state index contributed by atoms with van der Waals surface area (Å²) in [6.07, 6.45) is -1.36. The Bertz CT molecular complexity index is 1320. The predicted molar refractivity (Wildman–Crippen MR) is 179 cm³/mol. The summed E-state index contributed by atoms with van der Waals surface area (Å²) < 4.78 is -0.587. The fourth-order valence-electron chi connectivity index (χ4n) is 5.25. The van der Waals surface area contributed by atoms with E-state index in [0.29, 0.717) is 6.54 Å². The number of thioether (sulfide) groups is 1. The minimum Gasteiger partial charge on any atom is -0.381 e. The van der Waals surface area contributed by atoms with Crippen LogP contribution in [0.5, 0.6) is 0 Å². The third kappa shape index (κ3) is 10.3. The fourth-order valence-corrected chi connectivity index (χ4v) is 6.39. The first-order chi connectivity index (χ1) is 20.9. The number of amides is 4. The second kappa shape index (κ2) is 14.8. The van der Waals surface area contributed by atoms with Crippen molar-refractivity contribution in [1.82, 2.24) is 20.9 Å². The van der Waals surface area contributed by atoms with E-state index in [9.17, 15) is 24.3 Å². The van der Waals surface area contributed by atoms with Gasteiger partial charge in [-0.1, -0.05) is 102 Å². The SMILES string of the molecule is CC(C)(C)CNC(=O)[C@H]1N(C(=O)[C@@H](O)[C@H](Cc2ccccc2)NC(=O)[C@@H](NC(=O)Cc2ccccc2)C(C)(C)C)CSC1(C)C. The van der Waals surface area contributed by atoms with Crippen molar-refractivity contribution < 1.29 is 24.3 Å². The van der Waals surface area contributed by atoms with E-state index in [-0.39, 0.29) is 35.9 Å². The molecule has 0 spiro atoms. The summed E-state index contributed by atoms with van der Waals surface area (Å²) in [5.74, 6) is -1.51. The normalized spacial score (nSPS) is 18.4. The van der Waals surface area contributed by atoms with Crippen molar-refractivity contribution in [3.63, 3.8) is 0 Å². The highest BCUT2D eigenvalue weighted by molar-refractivity contribution is 8.00. The zero-order chi connectivity index (χ0) is 33.6. The number of carbonyl (C=O) groups excluding carboxylic acids is 4. The number of hydrogen-bond acceptors (Lipinski definition) is 6. The van der Waals surface area contributed by atoms with Crippen LogP contribution in [0.4, 0.5) is 0 Å². The molecule has 2 aromatic rings. The molecule has 0 saturated carbocycles. The van der Waals surface area contributed by atoms with Crippen LogP contribution in [0.1, 0.15) is 66.5 Å². The number of aliphatic hydroxyl groups excluding tert-OH is 1. The minimum absolute atomic E-state index is 0.107. The average Bonchev–Trinajstić information content (AvgIpc) is 3.28. The van der Waals surface area contributed by atoms with E-state index >= 15 is 0 Å². The zero-order valence-corrected chi connectivity index (χ0v) is 28.7. The highest BCUT2D eigenvalue weighted by Crippen LogP contribution is 2.40. The van der Waals surface area contributed by atoms with Gasteiger partial charge < -0.3 is 26.0 Å². The molecule has 0 aromatic heterocycles. The summed E-state index contributed by atoms with van der Waals surface area (Å²) in [7, 11) is 0. The van der Waals surface area contributed by atoms with E-state index in [1.807, 2.05) is 116 Å². The molecule has 4 N–H and O–H groups in total. The van der Waals surface area contributed by atoms with Gasteiger partial charge in [-0.3, -0.25) is 19.2 Å².